The largest absolute Gasteiger partial charge is 0.507 e. The molecule has 1 saturated heterocycles. The highest BCUT2D eigenvalue weighted by molar-refractivity contribution is 5.99. The van der Waals surface area contributed by atoms with Gasteiger partial charge in [-0.2, -0.15) is 0 Å². The fourth-order valence-corrected chi connectivity index (χ4v) is 2.53. The van der Waals surface area contributed by atoms with Gasteiger partial charge in [0.2, 0.25) is 0 Å². The Hall–Kier alpha value is -2.24. The molecule has 2 unspecified atom stereocenters. The van der Waals surface area contributed by atoms with Gasteiger partial charge >= 0.3 is 5.97 Å². The second-order valence-electron chi connectivity index (χ2n) is 4.93. The van der Waals surface area contributed by atoms with Gasteiger partial charge in [0, 0.05) is 12.6 Å². The molecular weight excluding hydrogens is 262 g/mol. The average molecular weight is 279 g/mol. The van der Waals surface area contributed by atoms with Crippen molar-refractivity contribution in [3.8, 4) is 11.5 Å². The molecule has 2 N–H and O–H groups in total. The normalized spacial score (nSPS) is 21.8. The third-order valence-corrected chi connectivity index (χ3v) is 3.65. The monoisotopic (exact) mass is 279 g/mol. The average Bonchev–Trinajstić information content (AvgIpc) is 2.79. The molecule has 1 amide bonds. The van der Waals surface area contributed by atoms with Gasteiger partial charge in [0.25, 0.3) is 5.91 Å². The first-order valence-corrected chi connectivity index (χ1v) is 6.36. The zero-order valence-corrected chi connectivity index (χ0v) is 11.4. The van der Waals surface area contributed by atoms with Crippen molar-refractivity contribution in [2.75, 3.05) is 13.7 Å². The van der Waals surface area contributed by atoms with Crippen LogP contribution in [0.3, 0.4) is 0 Å². The number of hydrogen-bond acceptors (Lipinski definition) is 4. The molecule has 1 aliphatic heterocycles. The summed E-state index contributed by atoms with van der Waals surface area (Å²) in [5.74, 6) is -1.36. The summed E-state index contributed by atoms with van der Waals surface area (Å²) < 4.78 is 4.95. The molecule has 2 atom stereocenters. The zero-order chi connectivity index (χ0) is 14.9. The Bertz CT molecular complexity index is 542. The molecule has 6 nitrogen and oxygen atoms in total. The predicted molar refractivity (Wildman–Crippen MR) is 70.9 cm³/mol. The number of ether oxygens (including phenoxy) is 1. The minimum atomic E-state index is -1.02. The van der Waals surface area contributed by atoms with Gasteiger partial charge in [-0.15, -0.1) is 0 Å². The van der Waals surface area contributed by atoms with E-state index in [2.05, 4.69) is 0 Å². The Labute approximate surface area is 116 Å². The zero-order valence-electron chi connectivity index (χ0n) is 11.4. The molecule has 1 fully saturated rings. The lowest BCUT2D eigenvalue weighted by Gasteiger charge is -2.23. The Balaban J connectivity index is 2.29. The second kappa shape index (κ2) is 5.40. The second-order valence-corrected chi connectivity index (χ2v) is 4.93. The van der Waals surface area contributed by atoms with Crippen LogP contribution >= 0.6 is 0 Å². The van der Waals surface area contributed by atoms with Crippen LogP contribution in [0.25, 0.3) is 0 Å². The van der Waals surface area contributed by atoms with Gasteiger partial charge in [0.05, 0.1) is 12.7 Å². The smallest absolute Gasteiger partial charge is 0.326 e. The van der Waals surface area contributed by atoms with Crippen molar-refractivity contribution in [1.82, 2.24) is 4.90 Å². The van der Waals surface area contributed by atoms with Gasteiger partial charge in [0.1, 0.15) is 17.5 Å². The molecule has 0 saturated carbocycles. The standard InChI is InChI=1S/C14H17NO5/c1-8-5-6-15(12(8)14(18)19)13(17)10-4-3-9(20-2)7-11(10)16/h3-4,7-8,12,16H,5-6H2,1-2H3,(H,18,19). The Morgan fingerprint density at radius 1 is 1.40 bits per heavy atom. The van der Waals surface area contributed by atoms with E-state index in [9.17, 15) is 19.8 Å². The van der Waals surface area contributed by atoms with Gasteiger partial charge in [-0.3, -0.25) is 4.79 Å². The molecule has 0 bridgehead atoms. The van der Waals surface area contributed by atoms with Crippen LogP contribution in [0.2, 0.25) is 0 Å². The number of phenols is 1. The summed E-state index contributed by atoms with van der Waals surface area (Å²) in [6.45, 7) is 2.18. The lowest BCUT2D eigenvalue weighted by molar-refractivity contribution is -0.142. The summed E-state index contributed by atoms with van der Waals surface area (Å²) in [7, 11) is 1.46. The third kappa shape index (κ3) is 2.41. The van der Waals surface area contributed by atoms with E-state index in [0.29, 0.717) is 18.7 Å². The van der Waals surface area contributed by atoms with Gasteiger partial charge in [-0.25, -0.2) is 4.79 Å². The Morgan fingerprint density at radius 2 is 2.10 bits per heavy atom. The number of methoxy groups -OCH3 is 1. The van der Waals surface area contributed by atoms with Crippen molar-refractivity contribution in [2.24, 2.45) is 5.92 Å². The number of phenolic OH excluding ortho intramolecular Hbond substituents is 1. The molecule has 2 rings (SSSR count). The molecule has 0 spiro atoms. The highest BCUT2D eigenvalue weighted by Crippen LogP contribution is 2.30. The number of carboxylic acids is 1. The number of likely N-dealkylation sites (tertiary alicyclic amines) is 1. The first-order valence-electron chi connectivity index (χ1n) is 6.36. The third-order valence-electron chi connectivity index (χ3n) is 3.65. The van der Waals surface area contributed by atoms with Gasteiger partial charge in [-0.1, -0.05) is 6.92 Å². The Morgan fingerprint density at radius 3 is 2.65 bits per heavy atom. The van der Waals surface area contributed by atoms with E-state index < -0.39 is 17.9 Å². The quantitative estimate of drug-likeness (QED) is 0.871. The summed E-state index contributed by atoms with van der Waals surface area (Å²) in [4.78, 5) is 25.0. The lowest BCUT2D eigenvalue weighted by Crippen LogP contribution is -2.42. The summed E-state index contributed by atoms with van der Waals surface area (Å²) in [5, 5.41) is 19.1. The fraction of sp³-hybridized carbons (Fsp3) is 0.429. The summed E-state index contributed by atoms with van der Waals surface area (Å²) in [6, 6.07) is 3.49. The van der Waals surface area contributed by atoms with Crippen LogP contribution in [-0.2, 0) is 4.79 Å². The number of nitrogens with zero attached hydrogens (tertiary/aromatic N) is 1. The lowest BCUT2D eigenvalue weighted by atomic mass is 10.0. The molecule has 1 heterocycles. The highest BCUT2D eigenvalue weighted by Gasteiger charge is 2.40. The van der Waals surface area contributed by atoms with Crippen LogP contribution in [0, 0.1) is 5.92 Å². The maximum Gasteiger partial charge on any atom is 0.326 e. The SMILES string of the molecule is COc1ccc(C(=O)N2CCC(C)C2C(=O)O)c(O)c1. The summed E-state index contributed by atoms with van der Waals surface area (Å²) >= 11 is 0. The van der Waals surface area contributed by atoms with Crippen molar-refractivity contribution in [2.45, 2.75) is 19.4 Å². The number of carboxylic acid groups (broad SMARTS) is 1. The molecule has 20 heavy (non-hydrogen) atoms. The topological polar surface area (TPSA) is 87.1 Å². The number of rotatable bonds is 3. The van der Waals surface area contributed by atoms with Crippen molar-refractivity contribution in [3.05, 3.63) is 23.8 Å². The minimum Gasteiger partial charge on any atom is -0.507 e. The fourth-order valence-electron chi connectivity index (χ4n) is 2.53. The predicted octanol–water partition coefficient (Wildman–Crippen LogP) is 1.34. The first-order chi connectivity index (χ1) is 9.45. The van der Waals surface area contributed by atoms with Crippen LogP contribution in [0.5, 0.6) is 11.5 Å². The van der Waals surface area contributed by atoms with E-state index in [1.807, 2.05) is 0 Å². The minimum absolute atomic E-state index is 0.0890. The van der Waals surface area contributed by atoms with Crippen LogP contribution in [-0.4, -0.2) is 46.7 Å². The molecule has 1 aromatic rings. The van der Waals surface area contributed by atoms with E-state index >= 15 is 0 Å². The summed E-state index contributed by atoms with van der Waals surface area (Å²) in [5.41, 5.74) is 0.0890. The number of aromatic hydroxyl groups is 1. The van der Waals surface area contributed by atoms with E-state index in [4.69, 9.17) is 4.74 Å². The van der Waals surface area contributed by atoms with Crippen LogP contribution in [0.4, 0.5) is 0 Å². The molecule has 1 aromatic carbocycles. The van der Waals surface area contributed by atoms with Crippen molar-refractivity contribution < 1.29 is 24.5 Å². The highest BCUT2D eigenvalue weighted by atomic mass is 16.5. The maximum atomic E-state index is 12.4. The van der Waals surface area contributed by atoms with Gasteiger partial charge in [-0.05, 0) is 24.5 Å². The van der Waals surface area contributed by atoms with Gasteiger partial charge < -0.3 is 19.8 Å². The Kier molecular flexibility index (Phi) is 3.83. The molecular formula is C14H17NO5. The number of benzene rings is 1. The number of carbonyl (C=O) groups excluding carboxylic acids is 1. The van der Waals surface area contributed by atoms with Crippen LogP contribution in [0.1, 0.15) is 23.7 Å². The van der Waals surface area contributed by atoms with Crippen molar-refractivity contribution in [1.29, 1.82) is 0 Å². The molecule has 1 aliphatic rings. The summed E-state index contributed by atoms with van der Waals surface area (Å²) in [6.07, 6.45) is 0.639. The molecule has 0 aromatic heterocycles. The number of carbonyl (C=O) groups is 2. The first kappa shape index (κ1) is 14.2. The van der Waals surface area contributed by atoms with E-state index in [1.165, 1.54) is 24.1 Å². The maximum absolute atomic E-state index is 12.4. The number of aliphatic carboxylic acids is 1. The number of amides is 1. The van der Waals surface area contributed by atoms with Crippen molar-refractivity contribution in [3.63, 3.8) is 0 Å². The van der Waals surface area contributed by atoms with E-state index in [1.54, 1.807) is 13.0 Å². The molecule has 108 valence electrons. The molecule has 6 heteroatoms. The molecule has 0 aliphatic carbocycles. The van der Waals surface area contributed by atoms with Crippen LogP contribution in [0.15, 0.2) is 18.2 Å². The van der Waals surface area contributed by atoms with Crippen LogP contribution < -0.4 is 4.74 Å². The molecule has 0 radical (unpaired) electrons. The van der Waals surface area contributed by atoms with Crippen molar-refractivity contribution >= 4 is 11.9 Å². The number of hydrogen-bond donors (Lipinski definition) is 2. The van der Waals surface area contributed by atoms with E-state index in [0.717, 1.165) is 0 Å². The van der Waals surface area contributed by atoms with Gasteiger partial charge in [0.15, 0.2) is 0 Å². The van der Waals surface area contributed by atoms with E-state index in [-0.39, 0.29) is 17.2 Å².